The normalized spacial score (nSPS) is 52.7. The highest BCUT2D eigenvalue weighted by Gasteiger charge is 2.58. The van der Waals surface area contributed by atoms with Gasteiger partial charge < -0.3 is 5.11 Å². The third-order valence-corrected chi connectivity index (χ3v) is 7.70. The molecule has 4 rings (SSSR count). The van der Waals surface area contributed by atoms with Crippen LogP contribution in [0.3, 0.4) is 0 Å². The van der Waals surface area contributed by atoms with Gasteiger partial charge in [-0.05, 0) is 73.7 Å². The van der Waals surface area contributed by atoms with Gasteiger partial charge in [-0.15, -0.1) is 0 Å². The molecule has 0 aromatic heterocycles. The molecule has 1 N–H and O–H groups in total. The van der Waals surface area contributed by atoms with Crippen molar-refractivity contribution in [1.82, 2.24) is 0 Å². The van der Waals surface area contributed by atoms with Gasteiger partial charge in [0.25, 0.3) is 0 Å². The maximum Gasteiger partial charge on any atom is 0.159 e. The molecule has 0 spiro atoms. The van der Waals surface area contributed by atoms with Crippen LogP contribution in [0.4, 0.5) is 0 Å². The van der Waals surface area contributed by atoms with Gasteiger partial charge in [-0.2, -0.15) is 0 Å². The molecule has 3 fully saturated rings. The number of hydrogen-bond donors (Lipinski definition) is 1. The van der Waals surface area contributed by atoms with E-state index in [4.69, 9.17) is 0 Å². The summed E-state index contributed by atoms with van der Waals surface area (Å²) in [5.74, 6) is 1.81. The van der Waals surface area contributed by atoms with Crippen molar-refractivity contribution < 1.29 is 9.90 Å². The Hall–Kier alpha value is -0.630. The van der Waals surface area contributed by atoms with Crippen molar-refractivity contribution in [2.75, 3.05) is 0 Å². The molecule has 0 bridgehead atoms. The van der Waals surface area contributed by atoms with E-state index in [1.165, 1.54) is 37.7 Å². The number of aliphatic hydroxyl groups excluding tert-OH is 1. The number of fused-ring (bicyclic) bond motifs is 5. The molecule has 3 saturated carbocycles. The van der Waals surface area contributed by atoms with Crippen molar-refractivity contribution in [3.05, 3.63) is 11.6 Å². The standard InChI is InChI=1S/C19H28O2/c1-18-7-3-4-14(18)17-15(6-8-18)19(2)9-5-13(20)10-12(19)11-16(17)21/h11,13-15,17,20H,3-10H2,1-2H3/t13-,14?,15?,17?,18-,19-/m0/s1. The summed E-state index contributed by atoms with van der Waals surface area (Å²) in [4.78, 5) is 12.9. The summed E-state index contributed by atoms with van der Waals surface area (Å²) in [6, 6.07) is 0. The van der Waals surface area contributed by atoms with Crippen LogP contribution in [0.5, 0.6) is 0 Å². The van der Waals surface area contributed by atoms with Crippen LogP contribution in [-0.2, 0) is 4.79 Å². The average molecular weight is 288 g/mol. The molecule has 0 saturated heterocycles. The molecule has 116 valence electrons. The lowest BCUT2D eigenvalue weighted by atomic mass is 9.48. The van der Waals surface area contributed by atoms with Crippen LogP contribution >= 0.6 is 0 Å². The molecule has 4 aliphatic carbocycles. The molecule has 6 atom stereocenters. The van der Waals surface area contributed by atoms with Gasteiger partial charge in [-0.25, -0.2) is 0 Å². The molecular formula is C19H28O2. The molecule has 0 aliphatic heterocycles. The summed E-state index contributed by atoms with van der Waals surface area (Å²) in [6.45, 7) is 4.81. The largest absolute Gasteiger partial charge is 0.393 e. The average Bonchev–Trinajstić information content (AvgIpc) is 2.82. The molecule has 0 radical (unpaired) electrons. The number of carbonyl (C=O) groups is 1. The molecule has 0 amide bonds. The van der Waals surface area contributed by atoms with E-state index in [0.717, 1.165) is 19.3 Å². The molecule has 2 heteroatoms. The van der Waals surface area contributed by atoms with Gasteiger partial charge in [0.05, 0.1) is 6.10 Å². The highest BCUT2D eigenvalue weighted by molar-refractivity contribution is 5.94. The Labute approximate surface area is 128 Å². The van der Waals surface area contributed by atoms with Crippen LogP contribution in [0.25, 0.3) is 0 Å². The van der Waals surface area contributed by atoms with E-state index in [-0.39, 0.29) is 17.4 Å². The van der Waals surface area contributed by atoms with Gasteiger partial charge in [-0.1, -0.05) is 25.8 Å². The predicted octanol–water partition coefficient (Wildman–Crippen LogP) is 3.88. The fourth-order valence-corrected chi connectivity index (χ4v) is 6.37. The summed E-state index contributed by atoms with van der Waals surface area (Å²) in [6.07, 6.45) is 10.8. The first kappa shape index (κ1) is 14.0. The molecule has 2 nitrogen and oxygen atoms in total. The zero-order chi connectivity index (χ0) is 14.8. The van der Waals surface area contributed by atoms with Crippen LogP contribution < -0.4 is 0 Å². The van der Waals surface area contributed by atoms with Gasteiger partial charge in [0.2, 0.25) is 0 Å². The monoisotopic (exact) mass is 288 g/mol. The molecule has 0 heterocycles. The van der Waals surface area contributed by atoms with Crippen molar-refractivity contribution in [3.63, 3.8) is 0 Å². The van der Waals surface area contributed by atoms with Gasteiger partial charge in [-0.3, -0.25) is 4.79 Å². The maximum absolute atomic E-state index is 12.9. The second-order valence-corrected chi connectivity index (χ2v) is 8.71. The topological polar surface area (TPSA) is 37.3 Å². The van der Waals surface area contributed by atoms with Crippen LogP contribution in [0, 0.1) is 28.6 Å². The summed E-state index contributed by atoms with van der Waals surface area (Å²) >= 11 is 0. The second-order valence-electron chi connectivity index (χ2n) is 8.71. The van der Waals surface area contributed by atoms with Gasteiger partial charge >= 0.3 is 0 Å². The molecule has 0 aromatic carbocycles. The fourth-order valence-electron chi connectivity index (χ4n) is 6.37. The Morgan fingerprint density at radius 2 is 1.90 bits per heavy atom. The third kappa shape index (κ3) is 1.84. The van der Waals surface area contributed by atoms with Gasteiger partial charge in [0.15, 0.2) is 5.78 Å². The number of carbonyl (C=O) groups excluding carboxylic acids is 1. The lowest BCUT2D eigenvalue weighted by Crippen LogP contribution is -2.52. The Balaban J connectivity index is 1.75. The second kappa shape index (κ2) is 4.44. The van der Waals surface area contributed by atoms with Crippen molar-refractivity contribution in [2.45, 2.75) is 71.3 Å². The molecule has 3 unspecified atom stereocenters. The van der Waals surface area contributed by atoms with Crippen LogP contribution in [0.15, 0.2) is 11.6 Å². The Bertz CT molecular complexity index is 508. The number of ketones is 1. The van der Waals surface area contributed by atoms with E-state index < -0.39 is 0 Å². The number of allylic oxidation sites excluding steroid dienone is 1. The molecule has 21 heavy (non-hydrogen) atoms. The smallest absolute Gasteiger partial charge is 0.159 e. The SMILES string of the molecule is C[C@@]12CCCC1C1C(=O)C=C3C[C@@H](O)CC[C@]3(C)C1CC2. The number of hydrogen-bond acceptors (Lipinski definition) is 2. The summed E-state index contributed by atoms with van der Waals surface area (Å²) in [7, 11) is 0. The zero-order valence-corrected chi connectivity index (χ0v) is 13.4. The summed E-state index contributed by atoms with van der Waals surface area (Å²) in [5.41, 5.74) is 1.86. The Kier molecular flexibility index (Phi) is 2.96. The highest BCUT2D eigenvalue weighted by atomic mass is 16.3. The minimum absolute atomic E-state index is 0.182. The molecular weight excluding hydrogens is 260 g/mol. The van der Waals surface area contributed by atoms with Crippen molar-refractivity contribution in [1.29, 1.82) is 0 Å². The zero-order valence-electron chi connectivity index (χ0n) is 13.4. The van der Waals surface area contributed by atoms with E-state index in [0.29, 0.717) is 23.0 Å². The van der Waals surface area contributed by atoms with E-state index >= 15 is 0 Å². The Morgan fingerprint density at radius 3 is 2.71 bits per heavy atom. The third-order valence-electron chi connectivity index (χ3n) is 7.70. The van der Waals surface area contributed by atoms with Crippen LogP contribution in [0.1, 0.15) is 65.2 Å². The first-order valence-electron chi connectivity index (χ1n) is 8.87. The molecule has 0 aromatic rings. The van der Waals surface area contributed by atoms with Gasteiger partial charge in [0, 0.05) is 5.92 Å². The quantitative estimate of drug-likeness (QED) is 0.734. The maximum atomic E-state index is 12.9. The number of rotatable bonds is 0. The Morgan fingerprint density at radius 1 is 1.10 bits per heavy atom. The minimum atomic E-state index is -0.228. The highest BCUT2D eigenvalue weighted by Crippen LogP contribution is 2.63. The van der Waals surface area contributed by atoms with E-state index in [1.807, 2.05) is 6.08 Å². The van der Waals surface area contributed by atoms with Crippen LogP contribution in [-0.4, -0.2) is 17.0 Å². The molecule has 4 aliphatic rings. The van der Waals surface area contributed by atoms with Crippen molar-refractivity contribution >= 4 is 5.78 Å². The lowest BCUT2D eigenvalue weighted by Gasteiger charge is -2.56. The number of aliphatic hydroxyl groups is 1. The summed E-state index contributed by atoms with van der Waals surface area (Å²) < 4.78 is 0. The van der Waals surface area contributed by atoms with E-state index in [9.17, 15) is 9.90 Å². The van der Waals surface area contributed by atoms with Gasteiger partial charge in [0.1, 0.15) is 0 Å². The van der Waals surface area contributed by atoms with Crippen molar-refractivity contribution in [3.8, 4) is 0 Å². The lowest BCUT2D eigenvalue weighted by molar-refractivity contribution is -0.133. The van der Waals surface area contributed by atoms with E-state index in [1.54, 1.807) is 0 Å². The predicted molar refractivity (Wildman–Crippen MR) is 82.7 cm³/mol. The first-order chi connectivity index (χ1) is 9.94. The van der Waals surface area contributed by atoms with Crippen LogP contribution in [0.2, 0.25) is 0 Å². The fraction of sp³-hybridized carbons (Fsp3) is 0.842. The minimum Gasteiger partial charge on any atom is -0.393 e. The van der Waals surface area contributed by atoms with E-state index in [2.05, 4.69) is 13.8 Å². The summed E-state index contributed by atoms with van der Waals surface area (Å²) in [5, 5.41) is 9.98. The van der Waals surface area contributed by atoms with Crippen molar-refractivity contribution in [2.24, 2.45) is 28.6 Å². The first-order valence-corrected chi connectivity index (χ1v) is 8.87.